The molecule has 3 rings (SSSR count). The Balaban J connectivity index is 1.63. The van der Waals surface area contributed by atoms with Crippen LogP contribution in [0.5, 0.6) is 0 Å². The Morgan fingerprint density at radius 1 is 1.31 bits per heavy atom. The minimum Gasteiger partial charge on any atom is -0.379 e. The summed E-state index contributed by atoms with van der Waals surface area (Å²) in [7, 11) is 0. The molecular formula is C19H23ClN4O2. The number of hydrogen-bond acceptors (Lipinski definition) is 4. The fourth-order valence-corrected chi connectivity index (χ4v) is 3.09. The Kier molecular flexibility index (Phi) is 6.44. The summed E-state index contributed by atoms with van der Waals surface area (Å²) >= 11 is 6.02. The molecule has 6 nitrogen and oxygen atoms in total. The third-order valence-corrected chi connectivity index (χ3v) is 4.81. The number of urea groups is 1. The lowest BCUT2D eigenvalue weighted by atomic mass is 10.1. The molecule has 0 saturated carbocycles. The quantitative estimate of drug-likeness (QED) is 0.843. The number of aryl methyl sites for hydroxylation is 1. The van der Waals surface area contributed by atoms with Crippen LogP contribution in [0.15, 0.2) is 42.6 Å². The van der Waals surface area contributed by atoms with Crippen LogP contribution in [0, 0.1) is 6.92 Å². The largest absolute Gasteiger partial charge is 0.379 e. The highest BCUT2D eigenvalue weighted by atomic mass is 35.5. The molecule has 0 bridgehead atoms. The molecule has 2 heterocycles. The van der Waals surface area contributed by atoms with Gasteiger partial charge in [-0.05, 0) is 42.8 Å². The summed E-state index contributed by atoms with van der Waals surface area (Å²) in [4.78, 5) is 19.1. The Morgan fingerprint density at radius 2 is 2.12 bits per heavy atom. The third-order valence-electron chi connectivity index (χ3n) is 4.39. The topological polar surface area (TPSA) is 66.5 Å². The first-order chi connectivity index (χ1) is 12.6. The van der Waals surface area contributed by atoms with Gasteiger partial charge in [-0.2, -0.15) is 0 Å². The molecule has 2 aromatic rings. The van der Waals surface area contributed by atoms with E-state index in [1.165, 1.54) is 0 Å². The van der Waals surface area contributed by atoms with Crippen molar-refractivity contribution in [2.45, 2.75) is 13.0 Å². The highest BCUT2D eigenvalue weighted by Gasteiger charge is 2.24. The van der Waals surface area contributed by atoms with E-state index in [0.29, 0.717) is 30.5 Å². The van der Waals surface area contributed by atoms with E-state index in [4.69, 9.17) is 16.3 Å². The van der Waals surface area contributed by atoms with Crippen molar-refractivity contribution in [1.29, 1.82) is 0 Å². The van der Waals surface area contributed by atoms with Crippen LogP contribution in [0.25, 0.3) is 0 Å². The Labute approximate surface area is 158 Å². The number of ether oxygens (including phenoxy) is 1. The zero-order chi connectivity index (χ0) is 18.4. The van der Waals surface area contributed by atoms with Gasteiger partial charge in [0.1, 0.15) is 0 Å². The lowest BCUT2D eigenvalue weighted by Gasteiger charge is -2.34. The van der Waals surface area contributed by atoms with Crippen LogP contribution >= 0.6 is 11.6 Å². The van der Waals surface area contributed by atoms with E-state index in [1.54, 1.807) is 18.3 Å². The first-order valence-electron chi connectivity index (χ1n) is 8.67. The van der Waals surface area contributed by atoms with Crippen molar-refractivity contribution in [3.8, 4) is 0 Å². The SMILES string of the molecule is Cc1cc(NC(=O)NCC(c2ccccn2)N2CCOCC2)ccc1Cl. The average Bonchev–Trinajstić information content (AvgIpc) is 2.67. The van der Waals surface area contributed by atoms with E-state index in [1.807, 2.05) is 31.2 Å². The van der Waals surface area contributed by atoms with Crippen LogP contribution in [0.3, 0.4) is 0 Å². The molecule has 1 saturated heterocycles. The lowest BCUT2D eigenvalue weighted by Crippen LogP contribution is -2.44. The second-order valence-corrected chi connectivity index (χ2v) is 6.62. The molecular weight excluding hydrogens is 352 g/mol. The minimum absolute atomic E-state index is 0.0119. The van der Waals surface area contributed by atoms with Gasteiger partial charge in [-0.15, -0.1) is 0 Å². The number of benzene rings is 1. The van der Waals surface area contributed by atoms with Crippen LogP contribution in [0.1, 0.15) is 17.3 Å². The standard InChI is InChI=1S/C19H23ClN4O2/c1-14-12-15(5-6-16(14)20)23-19(25)22-13-18(17-4-2-3-7-21-17)24-8-10-26-11-9-24/h2-7,12,18H,8-11,13H2,1H3,(H2,22,23,25). The summed E-state index contributed by atoms with van der Waals surface area (Å²) in [5.74, 6) is 0. The summed E-state index contributed by atoms with van der Waals surface area (Å²) in [6.07, 6.45) is 1.78. The van der Waals surface area contributed by atoms with Crippen molar-refractivity contribution in [3.63, 3.8) is 0 Å². The van der Waals surface area contributed by atoms with Crippen LogP contribution in [0.2, 0.25) is 5.02 Å². The number of pyridine rings is 1. The van der Waals surface area contributed by atoms with Gasteiger partial charge in [-0.3, -0.25) is 9.88 Å². The molecule has 1 aliphatic rings. The molecule has 1 fully saturated rings. The van der Waals surface area contributed by atoms with E-state index in [9.17, 15) is 4.79 Å². The first-order valence-corrected chi connectivity index (χ1v) is 9.05. The number of anilines is 1. The van der Waals surface area contributed by atoms with Crippen LogP contribution < -0.4 is 10.6 Å². The molecule has 0 radical (unpaired) electrons. The highest BCUT2D eigenvalue weighted by Crippen LogP contribution is 2.20. The fourth-order valence-electron chi connectivity index (χ4n) is 2.97. The molecule has 138 valence electrons. The molecule has 1 aliphatic heterocycles. The number of nitrogens with one attached hydrogen (secondary N) is 2. The Bertz CT molecular complexity index is 736. The summed E-state index contributed by atoms with van der Waals surface area (Å²) in [6.45, 7) is 5.40. The number of amides is 2. The number of nitrogens with zero attached hydrogens (tertiary/aromatic N) is 2. The van der Waals surface area contributed by atoms with Gasteiger partial charge in [0, 0.05) is 36.5 Å². The van der Waals surface area contributed by atoms with Gasteiger partial charge >= 0.3 is 6.03 Å². The molecule has 26 heavy (non-hydrogen) atoms. The molecule has 0 spiro atoms. The van der Waals surface area contributed by atoms with Gasteiger partial charge in [0.2, 0.25) is 0 Å². The van der Waals surface area contributed by atoms with E-state index >= 15 is 0 Å². The minimum atomic E-state index is -0.249. The number of aromatic nitrogens is 1. The zero-order valence-corrected chi connectivity index (χ0v) is 15.5. The van der Waals surface area contributed by atoms with Gasteiger partial charge in [0.15, 0.2) is 0 Å². The molecule has 1 aromatic carbocycles. The van der Waals surface area contributed by atoms with Crippen molar-refractivity contribution in [1.82, 2.24) is 15.2 Å². The second kappa shape index (κ2) is 8.98. The number of rotatable bonds is 5. The molecule has 1 aromatic heterocycles. The molecule has 2 amide bonds. The third kappa shape index (κ3) is 4.94. The first kappa shape index (κ1) is 18.6. The van der Waals surface area contributed by atoms with Crippen LogP contribution in [0.4, 0.5) is 10.5 Å². The summed E-state index contributed by atoms with van der Waals surface area (Å²) < 4.78 is 5.44. The monoisotopic (exact) mass is 374 g/mol. The summed E-state index contributed by atoms with van der Waals surface area (Å²) in [5, 5.41) is 6.48. The van der Waals surface area contributed by atoms with Crippen molar-refractivity contribution in [3.05, 3.63) is 58.9 Å². The lowest BCUT2D eigenvalue weighted by molar-refractivity contribution is 0.0159. The molecule has 7 heteroatoms. The van der Waals surface area contributed by atoms with Gasteiger partial charge in [0.25, 0.3) is 0 Å². The number of carbonyl (C=O) groups is 1. The summed E-state index contributed by atoms with van der Waals surface area (Å²) in [5.41, 5.74) is 2.58. The smallest absolute Gasteiger partial charge is 0.319 e. The van der Waals surface area contributed by atoms with Gasteiger partial charge in [-0.1, -0.05) is 17.7 Å². The maximum atomic E-state index is 12.3. The van der Waals surface area contributed by atoms with Gasteiger partial charge in [0.05, 0.1) is 24.9 Å². The van der Waals surface area contributed by atoms with E-state index in [2.05, 4.69) is 20.5 Å². The van der Waals surface area contributed by atoms with Crippen LogP contribution in [-0.4, -0.2) is 48.8 Å². The van der Waals surface area contributed by atoms with E-state index < -0.39 is 0 Å². The Hall–Kier alpha value is -2.15. The normalized spacial score (nSPS) is 16.1. The van der Waals surface area contributed by atoms with Crippen molar-refractivity contribution >= 4 is 23.3 Å². The zero-order valence-electron chi connectivity index (χ0n) is 14.7. The maximum Gasteiger partial charge on any atom is 0.319 e. The number of halogens is 1. The molecule has 1 atom stereocenters. The van der Waals surface area contributed by atoms with E-state index in [0.717, 1.165) is 24.3 Å². The van der Waals surface area contributed by atoms with Gasteiger partial charge < -0.3 is 15.4 Å². The van der Waals surface area contributed by atoms with Crippen molar-refractivity contribution in [2.75, 3.05) is 38.2 Å². The molecule has 1 unspecified atom stereocenters. The maximum absolute atomic E-state index is 12.3. The number of morpholine rings is 1. The summed E-state index contributed by atoms with van der Waals surface area (Å²) in [6, 6.07) is 11.0. The number of carbonyl (C=O) groups excluding carboxylic acids is 1. The van der Waals surface area contributed by atoms with Gasteiger partial charge in [-0.25, -0.2) is 4.79 Å². The van der Waals surface area contributed by atoms with Crippen molar-refractivity contribution in [2.24, 2.45) is 0 Å². The predicted octanol–water partition coefficient (Wildman–Crippen LogP) is 3.24. The number of hydrogen-bond donors (Lipinski definition) is 2. The average molecular weight is 375 g/mol. The van der Waals surface area contributed by atoms with E-state index in [-0.39, 0.29) is 12.1 Å². The van der Waals surface area contributed by atoms with Crippen molar-refractivity contribution < 1.29 is 9.53 Å². The highest BCUT2D eigenvalue weighted by molar-refractivity contribution is 6.31. The molecule has 2 N–H and O–H groups in total. The predicted molar refractivity (Wildman–Crippen MR) is 103 cm³/mol. The fraction of sp³-hybridized carbons (Fsp3) is 0.368. The molecule has 0 aliphatic carbocycles. The van der Waals surface area contributed by atoms with Crippen LogP contribution in [-0.2, 0) is 4.74 Å². The Morgan fingerprint density at radius 3 is 2.81 bits per heavy atom. The second-order valence-electron chi connectivity index (χ2n) is 6.22.